The molecule has 27 heavy (non-hydrogen) atoms. The van der Waals surface area contributed by atoms with Crippen LogP contribution in [0.4, 0.5) is 5.69 Å². The Hall–Kier alpha value is -3.73. The fraction of sp³-hybridized carbons (Fsp3) is 0.0455. The van der Waals surface area contributed by atoms with Gasteiger partial charge in [-0.05, 0) is 31.2 Å². The maximum Gasteiger partial charge on any atom is 0.255 e. The van der Waals surface area contributed by atoms with Gasteiger partial charge in [-0.15, -0.1) is 0 Å². The molecular weight excluding hydrogens is 336 g/mol. The minimum Gasteiger partial charge on any atom is -0.320 e. The molecule has 0 fully saturated rings. The molecule has 5 nitrogen and oxygen atoms in total. The Labute approximate surface area is 155 Å². The predicted molar refractivity (Wildman–Crippen MR) is 107 cm³/mol. The Balaban J connectivity index is 1.85. The summed E-state index contributed by atoms with van der Waals surface area (Å²) in [4.78, 5) is 21.6. The van der Waals surface area contributed by atoms with E-state index >= 15 is 0 Å². The average molecular weight is 352 g/mol. The first-order chi connectivity index (χ1) is 13.2. The van der Waals surface area contributed by atoms with Gasteiger partial charge in [-0.3, -0.25) is 14.2 Å². The molecule has 0 aliphatic carbocycles. The number of benzene rings is 2. The van der Waals surface area contributed by atoms with Crippen molar-refractivity contribution >= 4 is 38.9 Å². The zero-order chi connectivity index (χ0) is 18.4. The monoisotopic (exact) mass is 352 g/mol. The van der Waals surface area contributed by atoms with Crippen LogP contribution in [-0.2, 0) is 0 Å². The van der Waals surface area contributed by atoms with Crippen molar-refractivity contribution in [1.82, 2.24) is 14.4 Å². The topological polar surface area (TPSA) is 59.3 Å². The van der Waals surface area contributed by atoms with E-state index in [9.17, 15) is 4.79 Å². The molecule has 0 saturated carbocycles. The highest BCUT2D eigenvalue weighted by atomic mass is 16.1. The molecule has 1 amide bonds. The van der Waals surface area contributed by atoms with Crippen LogP contribution < -0.4 is 5.32 Å². The lowest BCUT2D eigenvalue weighted by atomic mass is 10.1. The van der Waals surface area contributed by atoms with Gasteiger partial charge in [0.05, 0.1) is 22.2 Å². The van der Waals surface area contributed by atoms with Crippen LogP contribution in [0.3, 0.4) is 0 Å². The molecule has 5 heteroatoms. The first-order valence-electron chi connectivity index (χ1n) is 8.74. The van der Waals surface area contributed by atoms with Crippen molar-refractivity contribution in [3.63, 3.8) is 0 Å². The molecule has 130 valence electrons. The Morgan fingerprint density at radius 2 is 1.63 bits per heavy atom. The van der Waals surface area contributed by atoms with Crippen LogP contribution >= 0.6 is 0 Å². The summed E-state index contributed by atoms with van der Waals surface area (Å²) < 4.78 is 2.11. The lowest BCUT2D eigenvalue weighted by molar-refractivity contribution is 0.102. The van der Waals surface area contributed by atoms with Crippen molar-refractivity contribution in [2.45, 2.75) is 6.92 Å². The third-order valence-electron chi connectivity index (χ3n) is 4.82. The summed E-state index contributed by atoms with van der Waals surface area (Å²) in [6.07, 6.45) is 3.24. The molecule has 0 saturated heterocycles. The number of rotatable bonds is 2. The number of carbonyl (C=O) groups is 1. The Morgan fingerprint density at radius 3 is 2.44 bits per heavy atom. The van der Waals surface area contributed by atoms with Crippen molar-refractivity contribution in [3.8, 4) is 0 Å². The average Bonchev–Trinajstić information content (AvgIpc) is 3.04. The van der Waals surface area contributed by atoms with E-state index in [0.717, 1.165) is 38.8 Å². The quantitative estimate of drug-likeness (QED) is 0.505. The first-order valence-corrected chi connectivity index (χ1v) is 8.74. The fourth-order valence-electron chi connectivity index (χ4n) is 3.64. The lowest BCUT2D eigenvalue weighted by Crippen LogP contribution is -2.12. The van der Waals surface area contributed by atoms with Crippen LogP contribution in [0.25, 0.3) is 27.3 Å². The summed E-state index contributed by atoms with van der Waals surface area (Å²) in [5.74, 6) is 0.721. The summed E-state index contributed by atoms with van der Waals surface area (Å²) >= 11 is 0. The molecular formula is C22H16N4O. The van der Waals surface area contributed by atoms with E-state index in [1.807, 2.05) is 55.5 Å². The van der Waals surface area contributed by atoms with Gasteiger partial charge in [0.25, 0.3) is 5.91 Å². The summed E-state index contributed by atoms with van der Waals surface area (Å²) in [5, 5.41) is 5.12. The summed E-state index contributed by atoms with van der Waals surface area (Å²) in [7, 11) is 0. The number of fused-ring (bicyclic) bond motifs is 5. The lowest BCUT2D eigenvalue weighted by Gasteiger charge is -2.09. The van der Waals surface area contributed by atoms with Gasteiger partial charge in [-0.1, -0.05) is 36.4 Å². The number of aryl methyl sites for hydroxylation is 1. The van der Waals surface area contributed by atoms with Gasteiger partial charge in [-0.2, -0.15) is 0 Å². The molecule has 5 aromatic rings. The van der Waals surface area contributed by atoms with Crippen LogP contribution in [0.2, 0.25) is 0 Å². The smallest absolute Gasteiger partial charge is 0.255 e. The Kier molecular flexibility index (Phi) is 3.40. The molecule has 5 rings (SSSR count). The molecule has 1 N–H and O–H groups in total. The van der Waals surface area contributed by atoms with Crippen LogP contribution in [-0.4, -0.2) is 20.3 Å². The molecule has 0 bridgehead atoms. The zero-order valence-corrected chi connectivity index (χ0v) is 14.7. The third kappa shape index (κ3) is 2.36. The highest BCUT2D eigenvalue weighted by Crippen LogP contribution is 2.36. The molecule has 2 aromatic carbocycles. The highest BCUT2D eigenvalue weighted by Gasteiger charge is 2.18. The number of hydrogen-bond acceptors (Lipinski definition) is 3. The highest BCUT2D eigenvalue weighted by molar-refractivity contribution is 6.18. The predicted octanol–water partition coefficient (Wildman–Crippen LogP) is 4.60. The second-order valence-electron chi connectivity index (χ2n) is 6.44. The molecule has 3 aromatic heterocycles. The Morgan fingerprint density at radius 1 is 0.926 bits per heavy atom. The van der Waals surface area contributed by atoms with Crippen LogP contribution in [0, 0.1) is 6.92 Å². The van der Waals surface area contributed by atoms with Gasteiger partial charge in [0.1, 0.15) is 5.82 Å². The van der Waals surface area contributed by atoms with Crippen LogP contribution in [0.15, 0.2) is 73.1 Å². The molecule has 0 spiro atoms. The van der Waals surface area contributed by atoms with E-state index in [4.69, 9.17) is 4.98 Å². The number of anilines is 1. The number of nitrogens with zero attached hydrogens (tertiary/aromatic N) is 3. The van der Waals surface area contributed by atoms with Gasteiger partial charge in [0.2, 0.25) is 0 Å². The molecule has 0 atom stereocenters. The van der Waals surface area contributed by atoms with Crippen molar-refractivity contribution in [3.05, 3.63) is 84.4 Å². The number of para-hydroxylation sites is 2. The molecule has 0 unspecified atom stereocenters. The number of aromatic nitrogens is 3. The summed E-state index contributed by atoms with van der Waals surface area (Å²) in [6, 6.07) is 19.5. The van der Waals surface area contributed by atoms with E-state index in [-0.39, 0.29) is 5.91 Å². The van der Waals surface area contributed by atoms with Gasteiger partial charge < -0.3 is 5.32 Å². The van der Waals surface area contributed by atoms with Gasteiger partial charge in [0.15, 0.2) is 0 Å². The minimum atomic E-state index is -0.158. The third-order valence-corrected chi connectivity index (χ3v) is 4.82. The molecule has 0 aliphatic rings. The Bertz CT molecular complexity index is 1320. The van der Waals surface area contributed by atoms with E-state index in [1.165, 1.54) is 0 Å². The van der Waals surface area contributed by atoms with E-state index in [1.54, 1.807) is 24.5 Å². The maximum absolute atomic E-state index is 12.9. The zero-order valence-electron chi connectivity index (χ0n) is 14.7. The largest absolute Gasteiger partial charge is 0.320 e. The maximum atomic E-state index is 12.9. The molecule has 3 heterocycles. The number of pyridine rings is 1. The normalized spacial score (nSPS) is 11.3. The molecule has 0 radical (unpaired) electrons. The second-order valence-corrected chi connectivity index (χ2v) is 6.44. The number of amides is 1. The van der Waals surface area contributed by atoms with Gasteiger partial charge in [0, 0.05) is 28.7 Å². The first kappa shape index (κ1) is 15.5. The van der Waals surface area contributed by atoms with Crippen molar-refractivity contribution < 1.29 is 4.79 Å². The summed E-state index contributed by atoms with van der Waals surface area (Å²) in [6.45, 7) is 1.99. The van der Waals surface area contributed by atoms with Crippen LogP contribution in [0.5, 0.6) is 0 Å². The van der Waals surface area contributed by atoms with Crippen molar-refractivity contribution in [2.24, 2.45) is 0 Å². The fourth-order valence-corrected chi connectivity index (χ4v) is 3.64. The van der Waals surface area contributed by atoms with Gasteiger partial charge >= 0.3 is 0 Å². The van der Waals surface area contributed by atoms with E-state index in [2.05, 4.69) is 14.7 Å². The second kappa shape index (κ2) is 5.92. The summed E-state index contributed by atoms with van der Waals surface area (Å²) in [5.41, 5.74) is 4.26. The van der Waals surface area contributed by atoms with E-state index < -0.39 is 0 Å². The van der Waals surface area contributed by atoms with Crippen molar-refractivity contribution in [2.75, 3.05) is 5.32 Å². The van der Waals surface area contributed by atoms with Crippen LogP contribution in [0.1, 0.15) is 16.2 Å². The minimum absolute atomic E-state index is 0.158. The van der Waals surface area contributed by atoms with Crippen molar-refractivity contribution in [1.29, 1.82) is 0 Å². The number of carbonyl (C=O) groups excluding carboxylic acids is 1. The molecule has 0 aliphatic heterocycles. The van der Waals surface area contributed by atoms with Gasteiger partial charge in [-0.25, -0.2) is 4.98 Å². The number of nitrogens with one attached hydrogen (secondary N) is 1. The SMILES string of the molecule is Cc1nc2ccccc2c2c(NC(=O)c3ccncc3)c3ccccc3n12. The van der Waals surface area contributed by atoms with E-state index in [0.29, 0.717) is 5.56 Å². The standard InChI is InChI=1S/C22H16N4O/c1-14-24-18-8-4-2-6-16(18)21-20(17-7-3-5-9-19(17)26(14)21)25-22(27)15-10-12-23-13-11-15/h2-13H,1H3,(H,25,27). The number of hydrogen-bond donors (Lipinski definition) is 1.